The fourth-order valence-electron chi connectivity index (χ4n) is 8.84. The highest BCUT2D eigenvalue weighted by atomic mass is 32.1. The first kappa shape index (κ1) is 41.8. The van der Waals surface area contributed by atoms with Gasteiger partial charge in [-0.3, -0.25) is 9.59 Å². The summed E-state index contributed by atoms with van der Waals surface area (Å²) in [5.41, 5.74) is 8.80. The highest BCUT2D eigenvalue weighted by Crippen LogP contribution is 2.45. The number of likely N-dealkylation sites (tertiary alicyclic amines) is 2. The van der Waals surface area contributed by atoms with Gasteiger partial charge in [0.15, 0.2) is 0 Å². The molecule has 6 heterocycles. The number of ether oxygens (including phenoxy) is 2. The van der Waals surface area contributed by atoms with Crippen molar-refractivity contribution < 1.29 is 28.7 Å². The zero-order valence-corrected chi connectivity index (χ0v) is 37.0. The summed E-state index contributed by atoms with van der Waals surface area (Å²) in [7, 11) is 2.58. The first-order chi connectivity index (χ1) is 30.6. The SMILES string of the molecule is COC(=O)NC(C(=O)N1CCC[C@H]1c1nc2ccc(-c3csc4c(-c5ccc(-c6cnc(C7CCCN7C(=O)[C@H](NC(=O)OC)c7ccccc7)[nH]6)cc5)csc34)cc2[nH]1)C(C)C. The molecule has 0 aliphatic carbocycles. The van der Waals surface area contributed by atoms with Gasteiger partial charge < -0.3 is 39.9 Å². The monoisotopic (exact) mass is 884 g/mol. The molecule has 2 fully saturated rings. The molecule has 4 N–H and O–H groups in total. The van der Waals surface area contributed by atoms with Gasteiger partial charge in [0, 0.05) is 35.0 Å². The number of fused-ring (bicyclic) bond motifs is 2. The van der Waals surface area contributed by atoms with Crippen LogP contribution in [0.2, 0.25) is 0 Å². The lowest BCUT2D eigenvalue weighted by Gasteiger charge is -2.29. The third-order valence-corrected chi connectivity index (χ3v) is 14.3. The number of hydrogen-bond acceptors (Lipinski definition) is 10. The average molecular weight is 885 g/mol. The number of alkyl carbamates (subject to hydrolysis) is 2. The van der Waals surface area contributed by atoms with Crippen LogP contribution in [-0.4, -0.2) is 87.1 Å². The highest BCUT2D eigenvalue weighted by Gasteiger charge is 2.39. The molecule has 14 nitrogen and oxygen atoms in total. The molecule has 324 valence electrons. The number of thiophene rings is 2. The predicted molar refractivity (Wildman–Crippen MR) is 244 cm³/mol. The van der Waals surface area contributed by atoms with E-state index in [-0.39, 0.29) is 29.8 Å². The summed E-state index contributed by atoms with van der Waals surface area (Å²) in [6.45, 7) is 4.97. The van der Waals surface area contributed by atoms with Crippen LogP contribution in [0.4, 0.5) is 9.59 Å². The summed E-state index contributed by atoms with van der Waals surface area (Å²) in [6, 6.07) is 21.9. The molecule has 2 saturated heterocycles. The molecule has 3 aromatic carbocycles. The number of imidazole rings is 2. The van der Waals surface area contributed by atoms with Gasteiger partial charge in [0.25, 0.3) is 5.91 Å². The molecule has 9 rings (SSSR count). The third kappa shape index (κ3) is 8.16. The van der Waals surface area contributed by atoms with Crippen molar-refractivity contribution in [1.82, 2.24) is 40.4 Å². The second-order valence-electron chi connectivity index (χ2n) is 16.3. The Morgan fingerprint density at radius 1 is 0.730 bits per heavy atom. The number of benzene rings is 3. The quantitative estimate of drug-likeness (QED) is 0.0994. The molecule has 7 aromatic rings. The van der Waals surface area contributed by atoms with Gasteiger partial charge in [-0.15, -0.1) is 22.7 Å². The van der Waals surface area contributed by atoms with Crippen molar-refractivity contribution in [3.8, 4) is 33.5 Å². The molecule has 4 atom stereocenters. The lowest BCUT2D eigenvalue weighted by Crippen LogP contribution is -2.51. The van der Waals surface area contributed by atoms with E-state index in [2.05, 4.69) is 67.8 Å². The number of nitrogens with zero attached hydrogens (tertiary/aromatic N) is 4. The molecule has 63 heavy (non-hydrogen) atoms. The van der Waals surface area contributed by atoms with Gasteiger partial charge in [0.2, 0.25) is 5.91 Å². The van der Waals surface area contributed by atoms with Gasteiger partial charge in [0.1, 0.15) is 23.7 Å². The summed E-state index contributed by atoms with van der Waals surface area (Å²) < 4.78 is 12.1. The van der Waals surface area contributed by atoms with Crippen LogP contribution in [0.5, 0.6) is 0 Å². The number of carbonyl (C=O) groups is 4. The third-order valence-electron chi connectivity index (χ3n) is 12.1. The summed E-state index contributed by atoms with van der Waals surface area (Å²) >= 11 is 3.46. The van der Waals surface area contributed by atoms with E-state index in [1.807, 2.05) is 61.3 Å². The first-order valence-electron chi connectivity index (χ1n) is 21.1. The topological polar surface area (TPSA) is 175 Å². The van der Waals surface area contributed by atoms with E-state index in [0.29, 0.717) is 24.5 Å². The van der Waals surface area contributed by atoms with Crippen LogP contribution in [0, 0.1) is 5.92 Å². The molecule has 0 bridgehead atoms. The van der Waals surface area contributed by atoms with Gasteiger partial charge in [-0.2, -0.15) is 0 Å². The molecule has 16 heteroatoms. The standard InChI is InChI=1S/C47H48N8O6S2/c1-26(2)38(52-46(58)60-3)44(56)55-21-9-13-37(55)43-49-33-19-18-30(22-34(33)50-43)32-25-63-40-31(24-62-41(32)40)27-14-16-28(17-15-27)35-23-48-42(51-35)36-12-8-20-54(36)45(57)39(53-47(59)61-4)29-10-6-5-7-11-29/h5-7,10-11,14-19,22-26,36-39H,8-9,12-13,20-21H2,1-4H3,(H,48,51)(H,49,50)(H,52,58)(H,53,59)/t36?,37-,38?,39+/m0/s1. The number of hydrogen-bond donors (Lipinski definition) is 4. The van der Waals surface area contributed by atoms with Crippen LogP contribution in [0.15, 0.2) is 89.8 Å². The average Bonchev–Trinajstić information content (AvgIpc) is 4.17. The predicted octanol–water partition coefficient (Wildman–Crippen LogP) is 9.37. The summed E-state index contributed by atoms with van der Waals surface area (Å²) in [5, 5.41) is 9.88. The van der Waals surface area contributed by atoms with Crippen molar-refractivity contribution in [2.24, 2.45) is 5.92 Å². The minimum atomic E-state index is -0.880. The van der Waals surface area contributed by atoms with E-state index < -0.39 is 24.3 Å². The number of methoxy groups -OCH3 is 2. The Bertz CT molecular complexity index is 2790. The maximum absolute atomic E-state index is 14.0. The van der Waals surface area contributed by atoms with E-state index in [4.69, 9.17) is 19.4 Å². The number of rotatable bonds is 11. The van der Waals surface area contributed by atoms with Crippen molar-refractivity contribution in [1.29, 1.82) is 0 Å². The van der Waals surface area contributed by atoms with Crippen LogP contribution >= 0.6 is 22.7 Å². The second kappa shape index (κ2) is 17.7. The van der Waals surface area contributed by atoms with Crippen LogP contribution < -0.4 is 10.6 Å². The number of aromatic amines is 2. The molecule has 2 unspecified atom stereocenters. The minimum absolute atomic E-state index is 0.110. The van der Waals surface area contributed by atoms with E-state index in [1.54, 1.807) is 27.6 Å². The van der Waals surface area contributed by atoms with Crippen LogP contribution in [0.1, 0.15) is 74.9 Å². The molecule has 4 amide bonds. The number of aromatic nitrogens is 4. The van der Waals surface area contributed by atoms with Gasteiger partial charge in [-0.25, -0.2) is 19.6 Å². The molecule has 2 aliphatic heterocycles. The Balaban J connectivity index is 0.905. The minimum Gasteiger partial charge on any atom is -0.453 e. The van der Waals surface area contributed by atoms with E-state index in [9.17, 15) is 19.2 Å². The van der Waals surface area contributed by atoms with Gasteiger partial charge in [0.05, 0.1) is 58.6 Å². The molecular formula is C47H48N8O6S2. The van der Waals surface area contributed by atoms with Gasteiger partial charge >= 0.3 is 12.2 Å². The largest absolute Gasteiger partial charge is 0.453 e. The number of H-pyrrole nitrogens is 2. The Morgan fingerprint density at radius 3 is 2.00 bits per heavy atom. The summed E-state index contributed by atoms with van der Waals surface area (Å²) in [6.07, 6.45) is 3.73. The van der Waals surface area contributed by atoms with E-state index in [1.165, 1.54) is 29.2 Å². The van der Waals surface area contributed by atoms with Crippen molar-refractivity contribution in [2.75, 3.05) is 27.3 Å². The molecule has 4 aromatic heterocycles. The van der Waals surface area contributed by atoms with Crippen LogP contribution in [0.3, 0.4) is 0 Å². The zero-order chi connectivity index (χ0) is 43.8. The molecule has 2 aliphatic rings. The fraction of sp³-hybridized carbons (Fsp3) is 0.319. The van der Waals surface area contributed by atoms with E-state index in [0.717, 1.165) is 70.5 Å². The highest BCUT2D eigenvalue weighted by molar-refractivity contribution is 7.27. The molecular weight excluding hydrogens is 837 g/mol. The number of carbonyl (C=O) groups excluding carboxylic acids is 4. The lowest BCUT2D eigenvalue weighted by molar-refractivity contribution is -0.135. The lowest BCUT2D eigenvalue weighted by atomic mass is 10.0. The van der Waals surface area contributed by atoms with E-state index >= 15 is 0 Å². The first-order valence-corrected chi connectivity index (χ1v) is 22.9. The molecule has 0 radical (unpaired) electrons. The summed E-state index contributed by atoms with van der Waals surface area (Å²) in [4.78, 5) is 72.3. The summed E-state index contributed by atoms with van der Waals surface area (Å²) in [5.74, 6) is 1.00. The Hall–Kier alpha value is -6.52. The Labute approximate surface area is 372 Å². The number of nitrogens with one attached hydrogen (secondary N) is 4. The second-order valence-corrected chi connectivity index (χ2v) is 18.0. The normalized spacial score (nSPS) is 17.3. The molecule has 0 saturated carbocycles. The fourth-order valence-corrected chi connectivity index (χ4v) is 11.3. The maximum Gasteiger partial charge on any atom is 0.407 e. The maximum atomic E-state index is 14.0. The van der Waals surface area contributed by atoms with Crippen LogP contribution in [0.25, 0.3) is 53.9 Å². The van der Waals surface area contributed by atoms with Crippen molar-refractivity contribution in [3.63, 3.8) is 0 Å². The molecule has 0 spiro atoms. The van der Waals surface area contributed by atoms with Crippen molar-refractivity contribution in [2.45, 2.75) is 63.7 Å². The smallest absolute Gasteiger partial charge is 0.407 e. The van der Waals surface area contributed by atoms with Gasteiger partial charge in [-0.1, -0.05) is 74.5 Å². The van der Waals surface area contributed by atoms with Gasteiger partial charge in [-0.05, 0) is 66.0 Å². The van der Waals surface area contributed by atoms with Crippen molar-refractivity contribution >= 4 is 67.1 Å². The number of amides is 4. The van der Waals surface area contributed by atoms with Crippen LogP contribution in [-0.2, 0) is 19.1 Å². The van der Waals surface area contributed by atoms with Crippen molar-refractivity contribution in [3.05, 3.63) is 107 Å². The Morgan fingerprint density at radius 2 is 1.33 bits per heavy atom. The zero-order valence-electron chi connectivity index (χ0n) is 35.3. The Kier molecular flexibility index (Phi) is 11.7.